The van der Waals surface area contributed by atoms with Crippen LogP contribution in [-0.2, 0) is 11.2 Å². The average Bonchev–Trinajstić information content (AvgIpc) is 2.99. The first-order valence-electron chi connectivity index (χ1n) is 17.2. The summed E-state index contributed by atoms with van der Waals surface area (Å²) in [6.07, 6.45) is -1.62. The van der Waals surface area contributed by atoms with Crippen LogP contribution < -0.4 is 10.1 Å². The van der Waals surface area contributed by atoms with Gasteiger partial charge in [0.2, 0.25) is 0 Å². The van der Waals surface area contributed by atoms with E-state index in [0.717, 1.165) is 26.1 Å². The quantitative estimate of drug-likeness (QED) is 0.505. The molecule has 3 rings (SSSR count). The predicted octanol–water partition coefficient (Wildman–Crippen LogP) is 4.35. The number of likely N-dealkylation sites (N-methyl/N-ethyl adjacent to an activating group) is 1. The summed E-state index contributed by atoms with van der Waals surface area (Å²) in [5.41, 5.74) is -2.02. The number of aromatic nitrogens is 1. The van der Waals surface area contributed by atoms with Crippen LogP contribution in [-0.4, -0.2) is 42.7 Å². The lowest BCUT2D eigenvalue weighted by atomic mass is 10.0. The zero-order valence-corrected chi connectivity index (χ0v) is 17.4. The second kappa shape index (κ2) is 10.7. The number of aromatic amines is 1. The van der Waals surface area contributed by atoms with Crippen molar-refractivity contribution in [1.82, 2.24) is 9.88 Å². The normalized spacial score (nSPS) is 21.2. The minimum atomic E-state index is -3.40. The summed E-state index contributed by atoms with van der Waals surface area (Å²) in [6, 6.07) is -1.36. The summed E-state index contributed by atoms with van der Waals surface area (Å²) in [5.74, 6) is -3.14. The Morgan fingerprint density at radius 2 is 2.36 bits per heavy atom. The molecule has 0 amide bonds. The van der Waals surface area contributed by atoms with E-state index >= 15 is 0 Å². The Kier molecular flexibility index (Phi) is 3.39. The van der Waals surface area contributed by atoms with Crippen molar-refractivity contribution in [3.05, 3.63) is 76.4 Å². The fraction of sp³-hybridized carbons (Fsp3) is 0.269. The topological polar surface area (TPSA) is 81.5 Å². The fourth-order valence-electron chi connectivity index (χ4n) is 2.77. The minimum Gasteiger partial charge on any atom is -0.494 e. The predicted molar refractivity (Wildman–Crippen MR) is 127 cm³/mol. The summed E-state index contributed by atoms with van der Waals surface area (Å²) in [6.45, 7) is -11.9. The monoisotopic (exact) mass is 462 g/mol. The minimum absolute atomic E-state index is 0.144. The number of halogens is 1. The van der Waals surface area contributed by atoms with Crippen LogP contribution in [0.3, 0.4) is 0 Å². The number of benzene rings is 2. The van der Waals surface area contributed by atoms with Gasteiger partial charge in [0.1, 0.15) is 17.6 Å². The molecule has 0 aliphatic rings. The SMILES string of the molecule is [2H]/C(C(=O)Cc1cc2c(=Nc3c([2H])c([2H])c(F)c(C)c3[2H])c(C#N)c([2H])[nH]c2cc1OC([2H])([2H])C([2H])([2H])[2H])=C(/[2H])C([2H])([2H])N(C)C([2H])([2H])[2H]. The molecule has 0 saturated carbocycles. The molecule has 0 unspecified atom stereocenters. The number of allylic oxidation sites excluding steroid dienone is 1. The van der Waals surface area contributed by atoms with Crippen LogP contribution in [0.4, 0.5) is 10.1 Å². The summed E-state index contributed by atoms with van der Waals surface area (Å²) in [7, 11) is 0.803. The van der Waals surface area contributed by atoms with Crippen LogP contribution in [0.1, 0.15) is 45.5 Å². The number of nitrogens with zero attached hydrogens (tertiary/aromatic N) is 3. The van der Waals surface area contributed by atoms with Gasteiger partial charge in [0.15, 0.2) is 5.78 Å². The fourth-order valence-corrected chi connectivity index (χ4v) is 2.77. The second-order valence-electron chi connectivity index (χ2n) is 6.59. The maximum Gasteiger partial charge on any atom is 0.159 e. The summed E-state index contributed by atoms with van der Waals surface area (Å²) >= 11 is 0. The molecule has 0 radical (unpaired) electrons. The van der Waals surface area contributed by atoms with Gasteiger partial charge in [-0.25, -0.2) is 9.38 Å². The van der Waals surface area contributed by atoms with E-state index in [-0.39, 0.29) is 21.4 Å². The molecular formula is C26H27FN4O2. The van der Waals surface area contributed by atoms with Gasteiger partial charge in [-0.05, 0) is 63.6 Å². The number of pyridine rings is 1. The van der Waals surface area contributed by atoms with Gasteiger partial charge in [-0.2, -0.15) is 5.26 Å². The highest BCUT2D eigenvalue weighted by molar-refractivity contribution is 5.93. The van der Waals surface area contributed by atoms with Gasteiger partial charge in [0, 0.05) is 47.1 Å². The largest absolute Gasteiger partial charge is 0.494 e. The summed E-state index contributed by atoms with van der Waals surface area (Å²) < 4.78 is 145. The van der Waals surface area contributed by atoms with Gasteiger partial charge in [0.05, 0.1) is 39.6 Å². The van der Waals surface area contributed by atoms with Crippen molar-refractivity contribution in [1.29, 1.82) is 5.26 Å². The molecule has 0 saturated heterocycles. The molecule has 170 valence electrons. The molecule has 0 atom stereocenters. The molecular weight excluding hydrogens is 419 g/mol. The Bertz CT molecular complexity index is 1970. The number of H-pyrrole nitrogens is 1. The standard InChI is InChI=1S/C26H27FN4O2/c1-5-33-25-14-24-22(13-18(25)12-21(32)7-6-10-31(3)4)26(19(15-28)16-29-24)30-20-8-9-23(27)17(2)11-20/h6-9,11,13-14,16H,5,10,12H2,1-4H3,(H,29,30)/b7-6+/i1D3,3D3,5D2,6D,7D,8D,9D,10D2,11D,16D. The van der Waals surface area contributed by atoms with E-state index in [1.807, 2.05) is 0 Å². The van der Waals surface area contributed by atoms with Gasteiger partial charge >= 0.3 is 0 Å². The molecule has 7 heteroatoms. The lowest BCUT2D eigenvalue weighted by Crippen LogP contribution is -2.12. The molecule has 1 N–H and O–H groups in total. The van der Waals surface area contributed by atoms with Gasteiger partial charge < -0.3 is 14.6 Å². The van der Waals surface area contributed by atoms with E-state index in [9.17, 15) is 14.4 Å². The summed E-state index contributed by atoms with van der Waals surface area (Å²) in [5, 5.41) is 9.27. The first-order chi connectivity index (χ1) is 22.2. The van der Waals surface area contributed by atoms with Crippen molar-refractivity contribution in [2.24, 2.45) is 4.99 Å². The van der Waals surface area contributed by atoms with Crippen molar-refractivity contribution in [3.63, 3.8) is 0 Å². The number of ketones is 1. The smallest absolute Gasteiger partial charge is 0.159 e. The maximum atomic E-state index is 14.4. The molecule has 6 nitrogen and oxygen atoms in total. The third-order valence-corrected chi connectivity index (χ3v) is 4.21. The van der Waals surface area contributed by atoms with Crippen LogP contribution in [0.2, 0.25) is 0 Å². The number of ether oxygens (including phenoxy) is 1. The van der Waals surface area contributed by atoms with Crippen LogP contribution in [0, 0.1) is 24.1 Å². The Balaban J connectivity index is 2.44. The zero-order valence-electron chi connectivity index (χ0n) is 33.4. The van der Waals surface area contributed by atoms with Crippen molar-refractivity contribution < 1.29 is 35.9 Å². The number of nitrogens with one attached hydrogen (secondary N) is 1. The van der Waals surface area contributed by atoms with E-state index in [4.69, 9.17) is 26.7 Å². The van der Waals surface area contributed by atoms with E-state index in [0.29, 0.717) is 0 Å². The first-order valence-corrected chi connectivity index (χ1v) is 9.23. The third kappa shape index (κ3) is 5.93. The Morgan fingerprint density at radius 3 is 3.12 bits per heavy atom. The van der Waals surface area contributed by atoms with Crippen molar-refractivity contribution in [3.8, 4) is 11.8 Å². The lowest BCUT2D eigenvalue weighted by molar-refractivity contribution is -0.114. The number of carbonyl (C=O) groups is 1. The van der Waals surface area contributed by atoms with Crippen LogP contribution in [0.25, 0.3) is 10.9 Å². The molecule has 0 aliphatic heterocycles. The number of hydrogen-bond acceptors (Lipinski definition) is 5. The van der Waals surface area contributed by atoms with Crippen LogP contribution in [0.5, 0.6) is 5.75 Å². The lowest BCUT2D eigenvalue weighted by Gasteiger charge is -2.12. The molecule has 2 aromatic carbocycles. The number of rotatable bonds is 8. The van der Waals surface area contributed by atoms with Crippen molar-refractivity contribution in [2.45, 2.75) is 20.2 Å². The second-order valence-corrected chi connectivity index (χ2v) is 6.59. The highest BCUT2D eigenvalue weighted by atomic mass is 19.1. The van der Waals surface area contributed by atoms with Gasteiger partial charge in [-0.3, -0.25) is 4.79 Å². The molecule has 0 aliphatic carbocycles. The van der Waals surface area contributed by atoms with E-state index in [1.165, 1.54) is 0 Å². The summed E-state index contributed by atoms with van der Waals surface area (Å²) in [4.78, 5) is 20.1. The van der Waals surface area contributed by atoms with E-state index < -0.39 is 109 Å². The molecule has 1 aromatic heterocycles. The Labute approximate surface area is 215 Å². The average molecular weight is 463 g/mol. The van der Waals surface area contributed by atoms with Gasteiger partial charge in [0.25, 0.3) is 0 Å². The molecule has 0 spiro atoms. The van der Waals surface area contributed by atoms with Gasteiger partial charge in [-0.15, -0.1) is 0 Å². The van der Waals surface area contributed by atoms with Crippen molar-refractivity contribution >= 4 is 22.4 Å². The maximum absolute atomic E-state index is 14.4. The van der Waals surface area contributed by atoms with E-state index in [1.54, 1.807) is 6.07 Å². The number of hydrogen-bond donors (Lipinski definition) is 1. The Hall–Kier alpha value is -3.76. The molecule has 0 fully saturated rings. The van der Waals surface area contributed by atoms with Gasteiger partial charge in [-0.1, -0.05) is 6.05 Å². The first kappa shape index (κ1) is 10.4. The number of nitriles is 1. The molecule has 33 heavy (non-hydrogen) atoms. The molecule has 3 aromatic rings. The number of carbonyl (C=O) groups excluding carboxylic acids is 1. The highest BCUT2D eigenvalue weighted by Crippen LogP contribution is 2.25. The highest BCUT2D eigenvalue weighted by Gasteiger charge is 2.13. The molecule has 0 bridgehead atoms. The van der Waals surface area contributed by atoms with E-state index in [2.05, 4.69) is 9.98 Å². The third-order valence-electron chi connectivity index (χ3n) is 4.21. The number of fused-ring (bicyclic) bond motifs is 1. The van der Waals surface area contributed by atoms with Crippen LogP contribution >= 0.6 is 0 Å². The van der Waals surface area contributed by atoms with Crippen LogP contribution in [0.15, 0.2) is 53.5 Å². The zero-order chi connectivity index (χ0) is 37.8. The van der Waals surface area contributed by atoms with Crippen molar-refractivity contribution in [2.75, 3.05) is 27.1 Å². The molecule has 1 heterocycles. The Morgan fingerprint density at radius 1 is 1.52 bits per heavy atom.